The van der Waals surface area contributed by atoms with Crippen LogP contribution in [-0.2, 0) is 23.7 Å². The Balaban J connectivity index is 2.18. The van der Waals surface area contributed by atoms with Crippen molar-refractivity contribution in [3.05, 3.63) is 34.9 Å². The van der Waals surface area contributed by atoms with E-state index in [-0.39, 0.29) is 24.3 Å². The van der Waals surface area contributed by atoms with Crippen molar-refractivity contribution in [3.8, 4) is 0 Å². The van der Waals surface area contributed by atoms with Crippen LogP contribution in [0.25, 0.3) is 0 Å². The van der Waals surface area contributed by atoms with E-state index in [1.807, 2.05) is 0 Å². The summed E-state index contributed by atoms with van der Waals surface area (Å²) < 4.78 is 81.7. The molecule has 124 valence electrons. The van der Waals surface area contributed by atoms with Crippen LogP contribution in [0.3, 0.4) is 0 Å². The van der Waals surface area contributed by atoms with E-state index >= 15 is 0 Å². The molecule has 0 amide bonds. The predicted octanol–water partition coefficient (Wildman–Crippen LogP) is 3.99. The maximum absolute atomic E-state index is 12.7. The standard InChI is InChI=1S/C14H15F6NO/c15-13(16,17)10-4-9(5-11(6-10)14(18,19)20)8-22-12-2-1-3-21-7-12/h4-6,12,21H,1-3,7-8H2. The van der Waals surface area contributed by atoms with Gasteiger partial charge < -0.3 is 10.1 Å². The lowest BCUT2D eigenvalue weighted by Crippen LogP contribution is -2.35. The Kier molecular flexibility index (Phi) is 5.01. The van der Waals surface area contributed by atoms with Crippen LogP contribution in [0.4, 0.5) is 26.3 Å². The highest BCUT2D eigenvalue weighted by Crippen LogP contribution is 2.36. The molecule has 0 spiro atoms. The Bertz CT molecular complexity index is 473. The Morgan fingerprint density at radius 2 is 1.59 bits per heavy atom. The van der Waals surface area contributed by atoms with E-state index in [1.54, 1.807) is 0 Å². The van der Waals surface area contributed by atoms with Gasteiger partial charge in [0.15, 0.2) is 0 Å². The SMILES string of the molecule is FC(F)(F)c1cc(COC2CCCNC2)cc(C(F)(F)F)c1. The zero-order chi connectivity index (χ0) is 16.4. The quantitative estimate of drug-likeness (QED) is 0.848. The summed E-state index contributed by atoms with van der Waals surface area (Å²) in [4.78, 5) is 0. The fourth-order valence-corrected chi connectivity index (χ4v) is 2.28. The first-order chi connectivity index (χ1) is 10.2. The number of benzene rings is 1. The molecule has 8 heteroatoms. The normalized spacial score (nSPS) is 20.2. The van der Waals surface area contributed by atoms with Gasteiger partial charge in [-0.25, -0.2) is 0 Å². The van der Waals surface area contributed by atoms with Crippen LogP contribution < -0.4 is 5.32 Å². The molecule has 1 N–H and O–H groups in total. The number of ether oxygens (including phenoxy) is 1. The topological polar surface area (TPSA) is 21.3 Å². The molecule has 1 heterocycles. The second-order valence-electron chi connectivity index (χ2n) is 5.19. The molecule has 2 nitrogen and oxygen atoms in total. The molecule has 1 atom stereocenters. The highest BCUT2D eigenvalue weighted by atomic mass is 19.4. The minimum Gasteiger partial charge on any atom is -0.372 e. The van der Waals surface area contributed by atoms with Crippen molar-refractivity contribution < 1.29 is 31.1 Å². The number of halogens is 6. The molecule has 1 fully saturated rings. The van der Waals surface area contributed by atoms with Crippen LogP contribution >= 0.6 is 0 Å². The molecule has 0 bridgehead atoms. The highest BCUT2D eigenvalue weighted by molar-refractivity contribution is 5.33. The molecule has 1 aromatic rings. The molecule has 22 heavy (non-hydrogen) atoms. The van der Waals surface area contributed by atoms with E-state index in [0.29, 0.717) is 18.7 Å². The fourth-order valence-electron chi connectivity index (χ4n) is 2.28. The third-order valence-corrected chi connectivity index (χ3v) is 3.38. The first-order valence-corrected chi connectivity index (χ1v) is 6.77. The molecule has 1 unspecified atom stereocenters. The lowest BCUT2D eigenvalue weighted by atomic mass is 10.0. The number of alkyl halides is 6. The number of piperidine rings is 1. The molecule has 1 aromatic carbocycles. The Morgan fingerprint density at radius 1 is 1.00 bits per heavy atom. The summed E-state index contributed by atoms with van der Waals surface area (Å²) in [7, 11) is 0. The zero-order valence-corrected chi connectivity index (χ0v) is 11.5. The Morgan fingerprint density at radius 3 is 2.05 bits per heavy atom. The fraction of sp³-hybridized carbons (Fsp3) is 0.571. The van der Waals surface area contributed by atoms with E-state index in [4.69, 9.17) is 4.74 Å². The van der Waals surface area contributed by atoms with Gasteiger partial charge in [0.05, 0.1) is 23.8 Å². The molecule has 1 saturated heterocycles. The molecular formula is C14H15F6NO. The van der Waals surface area contributed by atoms with Crippen LogP contribution in [0.2, 0.25) is 0 Å². The van der Waals surface area contributed by atoms with Gasteiger partial charge in [0.1, 0.15) is 0 Å². The summed E-state index contributed by atoms with van der Waals surface area (Å²) in [6, 6.07) is 1.52. The molecular weight excluding hydrogens is 312 g/mol. The largest absolute Gasteiger partial charge is 0.416 e. The monoisotopic (exact) mass is 327 g/mol. The summed E-state index contributed by atoms with van der Waals surface area (Å²) in [5, 5.41) is 3.06. The van der Waals surface area contributed by atoms with Gasteiger partial charge in [0.2, 0.25) is 0 Å². The van der Waals surface area contributed by atoms with Crippen molar-refractivity contribution >= 4 is 0 Å². The average Bonchev–Trinajstić information content (AvgIpc) is 2.44. The van der Waals surface area contributed by atoms with Crippen molar-refractivity contribution in [1.82, 2.24) is 5.32 Å². The van der Waals surface area contributed by atoms with Gasteiger partial charge >= 0.3 is 12.4 Å². The molecule has 0 aromatic heterocycles. The van der Waals surface area contributed by atoms with Crippen molar-refractivity contribution in [3.63, 3.8) is 0 Å². The van der Waals surface area contributed by atoms with Crippen molar-refractivity contribution in [2.24, 2.45) is 0 Å². The molecule has 0 saturated carbocycles. The summed E-state index contributed by atoms with van der Waals surface area (Å²) in [6.07, 6.45) is -8.26. The van der Waals surface area contributed by atoms with Crippen LogP contribution in [0.5, 0.6) is 0 Å². The number of hydrogen-bond acceptors (Lipinski definition) is 2. The third-order valence-electron chi connectivity index (χ3n) is 3.38. The van der Waals surface area contributed by atoms with Crippen molar-refractivity contribution in [1.29, 1.82) is 0 Å². The molecule has 1 aliphatic heterocycles. The van der Waals surface area contributed by atoms with Gasteiger partial charge in [0, 0.05) is 6.54 Å². The second-order valence-corrected chi connectivity index (χ2v) is 5.19. The molecule has 0 radical (unpaired) electrons. The molecule has 2 rings (SSSR count). The summed E-state index contributed by atoms with van der Waals surface area (Å²) in [5.74, 6) is 0. The first kappa shape index (κ1) is 17.1. The first-order valence-electron chi connectivity index (χ1n) is 6.77. The van der Waals surface area contributed by atoms with Gasteiger partial charge in [-0.2, -0.15) is 26.3 Å². The summed E-state index contributed by atoms with van der Waals surface area (Å²) >= 11 is 0. The van der Waals surface area contributed by atoms with Gasteiger partial charge in [-0.3, -0.25) is 0 Å². The van der Waals surface area contributed by atoms with Gasteiger partial charge in [-0.15, -0.1) is 0 Å². The maximum atomic E-state index is 12.7. The van der Waals surface area contributed by atoms with Gasteiger partial charge in [-0.1, -0.05) is 0 Å². The third kappa shape index (κ3) is 4.61. The van der Waals surface area contributed by atoms with Gasteiger partial charge in [-0.05, 0) is 43.1 Å². The van der Waals surface area contributed by atoms with Crippen LogP contribution in [0, 0.1) is 0 Å². The van der Waals surface area contributed by atoms with Crippen molar-refractivity contribution in [2.45, 2.75) is 37.9 Å². The molecule has 1 aliphatic rings. The Hall–Kier alpha value is -1.28. The summed E-state index contributed by atoms with van der Waals surface area (Å²) in [6.45, 7) is 1.10. The zero-order valence-electron chi connectivity index (χ0n) is 11.5. The second kappa shape index (κ2) is 6.45. The van der Waals surface area contributed by atoms with E-state index < -0.39 is 23.5 Å². The lowest BCUT2D eigenvalue weighted by molar-refractivity contribution is -0.143. The predicted molar refractivity (Wildman–Crippen MR) is 67.1 cm³/mol. The number of nitrogens with one attached hydrogen (secondary N) is 1. The average molecular weight is 327 g/mol. The highest BCUT2D eigenvalue weighted by Gasteiger charge is 2.36. The van der Waals surface area contributed by atoms with Crippen molar-refractivity contribution in [2.75, 3.05) is 13.1 Å². The minimum absolute atomic E-state index is 0.117. The number of hydrogen-bond donors (Lipinski definition) is 1. The van der Waals surface area contributed by atoms with Crippen LogP contribution in [0.15, 0.2) is 18.2 Å². The van der Waals surface area contributed by atoms with E-state index in [9.17, 15) is 26.3 Å². The van der Waals surface area contributed by atoms with Crippen LogP contribution in [0.1, 0.15) is 29.5 Å². The van der Waals surface area contributed by atoms with E-state index in [1.165, 1.54) is 0 Å². The summed E-state index contributed by atoms with van der Waals surface area (Å²) in [5.41, 5.74) is -2.77. The van der Waals surface area contributed by atoms with E-state index in [2.05, 4.69) is 5.32 Å². The molecule has 0 aliphatic carbocycles. The van der Waals surface area contributed by atoms with Gasteiger partial charge in [0.25, 0.3) is 0 Å². The van der Waals surface area contributed by atoms with E-state index in [0.717, 1.165) is 19.4 Å². The number of rotatable bonds is 3. The smallest absolute Gasteiger partial charge is 0.372 e. The minimum atomic E-state index is -4.83. The lowest BCUT2D eigenvalue weighted by Gasteiger charge is -2.23. The van der Waals surface area contributed by atoms with Crippen LogP contribution in [-0.4, -0.2) is 19.2 Å². The Labute approximate surface area is 123 Å². The maximum Gasteiger partial charge on any atom is 0.416 e.